The second kappa shape index (κ2) is 7.96. The molecule has 0 spiro atoms. The van der Waals surface area contributed by atoms with Crippen molar-refractivity contribution >= 4 is 35.0 Å². The molecule has 3 rings (SSSR count). The zero-order valence-corrected chi connectivity index (χ0v) is 16.3. The molecule has 1 fully saturated rings. The molecule has 136 valence electrons. The minimum Gasteiger partial charge on any atom is -0.325 e. The largest absolute Gasteiger partial charge is 0.325 e. The van der Waals surface area contributed by atoms with E-state index in [1.165, 1.54) is 21.6 Å². The summed E-state index contributed by atoms with van der Waals surface area (Å²) in [6.45, 7) is 7.02. The monoisotopic (exact) mass is 368 g/mol. The van der Waals surface area contributed by atoms with Gasteiger partial charge in [0.05, 0.1) is 5.75 Å². The molecule has 1 aliphatic heterocycles. The third-order valence-corrected chi connectivity index (χ3v) is 5.83. The maximum atomic E-state index is 12.3. The molecule has 2 amide bonds. The van der Waals surface area contributed by atoms with Crippen LogP contribution in [0.25, 0.3) is 0 Å². The fourth-order valence-electron chi connectivity index (χ4n) is 3.38. The van der Waals surface area contributed by atoms with E-state index in [0.717, 1.165) is 24.3 Å². The zero-order valence-electron chi connectivity index (χ0n) is 15.5. The lowest BCUT2D eigenvalue weighted by Crippen LogP contribution is -2.23. The van der Waals surface area contributed by atoms with E-state index in [-0.39, 0.29) is 11.8 Å². The summed E-state index contributed by atoms with van der Waals surface area (Å²) in [7, 11) is 0. The van der Waals surface area contributed by atoms with Crippen LogP contribution in [0.15, 0.2) is 41.3 Å². The van der Waals surface area contributed by atoms with Gasteiger partial charge in [-0.15, -0.1) is 11.8 Å². The second-order valence-electron chi connectivity index (χ2n) is 6.76. The molecule has 1 N–H and O–H groups in total. The van der Waals surface area contributed by atoms with E-state index >= 15 is 0 Å². The first-order chi connectivity index (χ1) is 12.4. The van der Waals surface area contributed by atoms with E-state index in [2.05, 4.69) is 38.2 Å². The first-order valence-corrected chi connectivity index (χ1v) is 9.83. The van der Waals surface area contributed by atoms with Crippen molar-refractivity contribution in [3.63, 3.8) is 0 Å². The number of amides is 2. The number of rotatable bonds is 5. The molecule has 0 bridgehead atoms. The molecular weight excluding hydrogens is 344 g/mol. The van der Waals surface area contributed by atoms with E-state index in [0.29, 0.717) is 12.2 Å². The van der Waals surface area contributed by atoms with Crippen LogP contribution in [0, 0.1) is 20.8 Å². The lowest BCUT2D eigenvalue weighted by molar-refractivity contribution is -0.117. The Kier molecular flexibility index (Phi) is 5.67. The van der Waals surface area contributed by atoms with E-state index < -0.39 is 0 Å². The molecule has 2 aromatic carbocycles. The van der Waals surface area contributed by atoms with Crippen LogP contribution in [0.4, 0.5) is 11.4 Å². The first-order valence-electron chi connectivity index (χ1n) is 8.85. The van der Waals surface area contributed by atoms with Crippen LogP contribution in [-0.2, 0) is 9.59 Å². The van der Waals surface area contributed by atoms with Gasteiger partial charge in [0.15, 0.2) is 0 Å². The van der Waals surface area contributed by atoms with Crippen molar-refractivity contribution in [3.05, 3.63) is 53.1 Å². The van der Waals surface area contributed by atoms with Gasteiger partial charge in [0, 0.05) is 29.2 Å². The number of carbonyl (C=O) groups is 2. The molecule has 0 radical (unpaired) electrons. The average Bonchev–Trinajstić information content (AvgIpc) is 3.00. The predicted molar refractivity (Wildman–Crippen MR) is 108 cm³/mol. The highest BCUT2D eigenvalue weighted by Gasteiger charge is 2.21. The Hall–Kier alpha value is -2.27. The fraction of sp³-hybridized carbons (Fsp3) is 0.333. The second-order valence-corrected chi connectivity index (χ2v) is 7.75. The van der Waals surface area contributed by atoms with Crippen LogP contribution in [-0.4, -0.2) is 24.1 Å². The summed E-state index contributed by atoms with van der Waals surface area (Å²) in [4.78, 5) is 27.0. The Bertz CT molecular complexity index is 807. The number of thioether (sulfide) groups is 1. The van der Waals surface area contributed by atoms with Crippen LogP contribution < -0.4 is 10.2 Å². The Morgan fingerprint density at radius 2 is 1.77 bits per heavy atom. The van der Waals surface area contributed by atoms with Gasteiger partial charge in [0.25, 0.3) is 0 Å². The Labute approximate surface area is 159 Å². The SMILES string of the molecule is Cc1cc(C)c(SCC(=O)Nc2ccc(N3CCCC3=O)cc2)c(C)c1. The molecule has 5 heteroatoms. The maximum absolute atomic E-state index is 12.3. The molecule has 1 aliphatic rings. The summed E-state index contributed by atoms with van der Waals surface area (Å²) in [6, 6.07) is 11.8. The number of hydrogen-bond acceptors (Lipinski definition) is 3. The number of nitrogens with zero attached hydrogens (tertiary/aromatic N) is 1. The van der Waals surface area contributed by atoms with Crippen molar-refractivity contribution in [3.8, 4) is 0 Å². The predicted octanol–water partition coefficient (Wildman–Crippen LogP) is 4.47. The van der Waals surface area contributed by atoms with E-state index in [4.69, 9.17) is 0 Å². The maximum Gasteiger partial charge on any atom is 0.234 e. The summed E-state index contributed by atoms with van der Waals surface area (Å²) in [5.41, 5.74) is 5.30. The summed E-state index contributed by atoms with van der Waals surface area (Å²) in [5.74, 6) is 0.512. The molecule has 0 atom stereocenters. The lowest BCUT2D eigenvalue weighted by Gasteiger charge is -2.16. The van der Waals surface area contributed by atoms with Crippen LogP contribution >= 0.6 is 11.8 Å². The molecular formula is C21H24N2O2S. The number of aryl methyl sites for hydroxylation is 3. The number of nitrogens with one attached hydrogen (secondary N) is 1. The summed E-state index contributed by atoms with van der Waals surface area (Å²) in [5, 5.41) is 2.93. The highest BCUT2D eigenvalue weighted by Crippen LogP contribution is 2.28. The van der Waals surface area contributed by atoms with Crippen molar-refractivity contribution in [2.24, 2.45) is 0 Å². The minimum atomic E-state index is -0.0284. The molecule has 4 nitrogen and oxygen atoms in total. The molecule has 0 unspecified atom stereocenters. The molecule has 26 heavy (non-hydrogen) atoms. The molecule has 1 heterocycles. The van der Waals surface area contributed by atoms with Gasteiger partial charge in [0.2, 0.25) is 11.8 Å². The summed E-state index contributed by atoms with van der Waals surface area (Å²) < 4.78 is 0. The van der Waals surface area contributed by atoms with Gasteiger partial charge in [-0.3, -0.25) is 9.59 Å². The van der Waals surface area contributed by atoms with Gasteiger partial charge in [-0.25, -0.2) is 0 Å². The van der Waals surface area contributed by atoms with E-state index in [9.17, 15) is 9.59 Å². The highest BCUT2D eigenvalue weighted by molar-refractivity contribution is 8.00. The number of hydrogen-bond donors (Lipinski definition) is 1. The Balaban J connectivity index is 1.58. The van der Waals surface area contributed by atoms with Gasteiger partial charge >= 0.3 is 0 Å². The van der Waals surface area contributed by atoms with Crippen LogP contribution in [0.5, 0.6) is 0 Å². The minimum absolute atomic E-state index is 0.0284. The number of anilines is 2. The fourth-order valence-corrected chi connectivity index (χ4v) is 4.30. The molecule has 0 aromatic heterocycles. The number of carbonyl (C=O) groups excluding carboxylic acids is 2. The third-order valence-electron chi connectivity index (χ3n) is 4.49. The Morgan fingerprint density at radius 3 is 2.35 bits per heavy atom. The van der Waals surface area contributed by atoms with Crippen LogP contribution in [0.1, 0.15) is 29.5 Å². The van der Waals surface area contributed by atoms with Crippen molar-refractivity contribution in [2.45, 2.75) is 38.5 Å². The van der Waals surface area contributed by atoms with Crippen LogP contribution in [0.3, 0.4) is 0 Å². The molecule has 2 aromatic rings. The average molecular weight is 369 g/mol. The Morgan fingerprint density at radius 1 is 1.12 bits per heavy atom. The van der Waals surface area contributed by atoms with Crippen LogP contribution in [0.2, 0.25) is 0 Å². The van der Waals surface area contributed by atoms with Gasteiger partial charge in [-0.05, 0) is 62.6 Å². The van der Waals surface area contributed by atoms with Crippen molar-refractivity contribution in [2.75, 3.05) is 22.5 Å². The van der Waals surface area contributed by atoms with E-state index in [1.54, 1.807) is 16.7 Å². The smallest absolute Gasteiger partial charge is 0.234 e. The van der Waals surface area contributed by atoms with Crippen molar-refractivity contribution < 1.29 is 9.59 Å². The normalized spacial score (nSPS) is 14.0. The summed E-state index contributed by atoms with van der Waals surface area (Å²) in [6.07, 6.45) is 1.53. The zero-order chi connectivity index (χ0) is 18.7. The lowest BCUT2D eigenvalue weighted by atomic mass is 10.1. The van der Waals surface area contributed by atoms with Crippen molar-refractivity contribution in [1.29, 1.82) is 0 Å². The first kappa shape index (κ1) is 18.5. The number of benzene rings is 2. The van der Waals surface area contributed by atoms with Gasteiger partial charge in [-0.2, -0.15) is 0 Å². The van der Waals surface area contributed by atoms with Crippen molar-refractivity contribution in [1.82, 2.24) is 0 Å². The molecule has 0 saturated carbocycles. The standard InChI is InChI=1S/C21H24N2O2S/c1-14-11-15(2)21(16(3)12-14)26-13-19(24)22-17-6-8-18(9-7-17)23-10-4-5-20(23)25/h6-9,11-12H,4-5,10,13H2,1-3H3,(H,22,24). The van der Waals surface area contributed by atoms with Gasteiger partial charge in [-0.1, -0.05) is 17.7 Å². The van der Waals surface area contributed by atoms with Gasteiger partial charge in [0.1, 0.15) is 0 Å². The topological polar surface area (TPSA) is 49.4 Å². The molecule has 1 saturated heterocycles. The summed E-state index contributed by atoms with van der Waals surface area (Å²) >= 11 is 1.57. The molecule has 0 aliphatic carbocycles. The third kappa shape index (κ3) is 4.28. The highest BCUT2D eigenvalue weighted by atomic mass is 32.2. The quantitative estimate of drug-likeness (QED) is 0.792. The van der Waals surface area contributed by atoms with Gasteiger partial charge < -0.3 is 10.2 Å². The van der Waals surface area contributed by atoms with E-state index in [1.807, 2.05) is 24.3 Å².